The van der Waals surface area contributed by atoms with Crippen LogP contribution in [0.25, 0.3) is 0 Å². The molecule has 5 heteroatoms. The quantitative estimate of drug-likeness (QED) is 0.743. The Kier molecular flexibility index (Phi) is 3.38. The number of rotatable bonds is 2. The van der Waals surface area contributed by atoms with Crippen LogP contribution in [0.3, 0.4) is 0 Å². The summed E-state index contributed by atoms with van der Waals surface area (Å²) in [5, 5.41) is 0. The average molecular weight is 262 g/mol. The first-order valence-corrected chi connectivity index (χ1v) is 6.70. The van der Waals surface area contributed by atoms with Gasteiger partial charge < -0.3 is 14.4 Å². The Hall–Kier alpha value is -1.62. The van der Waals surface area contributed by atoms with Crippen molar-refractivity contribution in [1.82, 2.24) is 4.98 Å². The van der Waals surface area contributed by atoms with Crippen molar-refractivity contribution in [2.75, 3.05) is 31.8 Å². The zero-order chi connectivity index (χ0) is 13.2. The van der Waals surface area contributed by atoms with Crippen LogP contribution in [0.4, 0.5) is 5.82 Å². The van der Waals surface area contributed by atoms with Crippen molar-refractivity contribution >= 4 is 11.8 Å². The normalized spacial score (nSPS) is 22.2. The van der Waals surface area contributed by atoms with Crippen LogP contribution in [0.15, 0.2) is 12.1 Å². The van der Waals surface area contributed by atoms with Gasteiger partial charge in [0.05, 0.1) is 20.3 Å². The number of carbonyl (C=O) groups is 1. The zero-order valence-corrected chi connectivity index (χ0v) is 11.1. The number of ether oxygens (including phenoxy) is 2. The first kappa shape index (κ1) is 12.4. The molecule has 1 atom stereocenters. The van der Waals surface area contributed by atoms with Gasteiger partial charge in [0, 0.05) is 12.2 Å². The summed E-state index contributed by atoms with van der Waals surface area (Å²) in [5.74, 6) is 0.598. The second-order valence-corrected chi connectivity index (χ2v) is 4.94. The van der Waals surface area contributed by atoms with Crippen molar-refractivity contribution in [3.8, 4) is 0 Å². The van der Waals surface area contributed by atoms with Crippen molar-refractivity contribution in [3.63, 3.8) is 0 Å². The molecule has 1 aromatic heterocycles. The number of morpholine rings is 1. The van der Waals surface area contributed by atoms with Gasteiger partial charge in [0.1, 0.15) is 5.82 Å². The van der Waals surface area contributed by atoms with E-state index in [1.807, 2.05) is 11.0 Å². The van der Waals surface area contributed by atoms with Gasteiger partial charge in [-0.1, -0.05) is 6.07 Å². The standard InChI is InChI=1S/C14H18N2O3/c1-18-14(17)12-9-19-8-7-16(12)13-6-5-10-3-2-4-11(10)15-13/h5-6,12H,2-4,7-9H2,1H3. The highest BCUT2D eigenvalue weighted by Gasteiger charge is 2.31. The Balaban J connectivity index is 1.88. The molecule has 102 valence electrons. The highest BCUT2D eigenvalue weighted by molar-refractivity contribution is 5.80. The van der Waals surface area contributed by atoms with E-state index in [1.54, 1.807) is 0 Å². The maximum Gasteiger partial charge on any atom is 0.330 e. The molecule has 0 saturated carbocycles. The predicted molar refractivity (Wildman–Crippen MR) is 70.2 cm³/mol. The first-order valence-electron chi connectivity index (χ1n) is 6.70. The van der Waals surface area contributed by atoms with E-state index in [0.717, 1.165) is 18.7 Å². The summed E-state index contributed by atoms with van der Waals surface area (Å²) in [4.78, 5) is 18.5. The highest BCUT2D eigenvalue weighted by Crippen LogP contribution is 2.25. The Bertz CT molecular complexity index is 490. The topological polar surface area (TPSA) is 51.7 Å². The summed E-state index contributed by atoms with van der Waals surface area (Å²) in [7, 11) is 1.41. The predicted octanol–water partition coefficient (Wildman–Crippen LogP) is 0.948. The van der Waals surface area contributed by atoms with E-state index in [1.165, 1.54) is 24.8 Å². The van der Waals surface area contributed by atoms with E-state index in [9.17, 15) is 4.79 Å². The molecule has 2 heterocycles. The summed E-state index contributed by atoms with van der Waals surface area (Å²) in [6, 6.07) is 3.76. The number of aryl methyl sites for hydroxylation is 2. The van der Waals surface area contributed by atoms with Gasteiger partial charge in [-0.3, -0.25) is 0 Å². The van der Waals surface area contributed by atoms with Crippen LogP contribution in [-0.2, 0) is 27.1 Å². The molecule has 0 bridgehead atoms. The fourth-order valence-electron chi connectivity index (χ4n) is 2.78. The Morgan fingerprint density at radius 2 is 2.37 bits per heavy atom. The van der Waals surface area contributed by atoms with Gasteiger partial charge in [-0.2, -0.15) is 0 Å². The summed E-state index contributed by atoms with van der Waals surface area (Å²) < 4.78 is 10.2. The molecule has 1 aliphatic heterocycles. The third-order valence-corrected chi connectivity index (χ3v) is 3.81. The monoisotopic (exact) mass is 262 g/mol. The molecule has 1 fully saturated rings. The third-order valence-electron chi connectivity index (χ3n) is 3.81. The molecule has 1 aliphatic carbocycles. The number of nitrogens with zero attached hydrogens (tertiary/aromatic N) is 2. The molecule has 0 radical (unpaired) electrons. The summed E-state index contributed by atoms with van der Waals surface area (Å²) in [6.45, 7) is 1.66. The van der Waals surface area contributed by atoms with Gasteiger partial charge in [-0.05, 0) is 30.9 Å². The second-order valence-electron chi connectivity index (χ2n) is 4.94. The summed E-state index contributed by atoms with van der Waals surface area (Å²) in [5.41, 5.74) is 2.51. The lowest BCUT2D eigenvalue weighted by Crippen LogP contribution is -2.51. The third kappa shape index (κ3) is 2.30. The number of esters is 1. The largest absolute Gasteiger partial charge is 0.467 e. The van der Waals surface area contributed by atoms with E-state index >= 15 is 0 Å². The molecule has 5 nitrogen and oxygen atoms in total. The molecule has 0 N–H and O–H groups in total. The van der Waals surface area contributed by atoms with Crippen molar-refractivity contribution in [3.05, 3.63) is 23.4 Å². The molecule has 0 aromatic carbocycles. The number of aromatic nitrogens is 1. The van der Waals surface area contributed by atoms with E-state index < -0.39 is 0 Å². The molecular formula is C14H18N2O3. The minimum Gasteiger partial charge on any atom is -0.467 e. The van der Waals surface area contributed by atoms with Crippen molar-refractivity contribution in [1.29, 1.82) is 0 Å². The fourth-order valence-corrected chi connectivity index (χ4v) is 2.78. The molecule has 1 saturated heterocycles. The molecule has 2 aliphatic rings. The second kappa shape index (κ2) is 5.17. The minimum absolute atomic E-state index is 0.262. The van der Waals surface area contributed by atoms with Crippen LogP contribution >= 0.6 is 0 Å². The van der Waals surface area contributed by atoms with Gasteiger partial charge in [-0.25, -0.2) is 9.78 Å². The van der Waals surface area contributed by atoms with Gasteiger partial charge in [-0.15, -0.1) is 0 Å². The number of anilines is 1. The Labute approximate surface area is 112 Å². The first-order chi connectivity index (χ1) is 9.29. The zero-order valence-electron chi connectivity index (χ0n) is 11.1. The molecule has 0 amide bonds. The van der Waals surface area contributed by atoms with E-state index in [0.29, 0.717) is 19.8 Å². The van der Waals surface area contributed by atoms with Crippen LogP contribution in [0.1, 0.15) is 17.7 Å². The minimum atomic E-state index is -0.384. The van der Waals surface area contributed by atoms with Gasteiger partial charge in [0.2, 0.25) is 0 Å². The van der Waals surface area contributed by atoms with Crippen molar-refractivity contribution < 1.29 is 14.3 Å². The lowest BCUT2D eigenvalue weighted by molar-refractivity contribution is -0.144. The molecule has 1 aromatic rings. The van der Waals surface area contributed by atoms with E-state index in [2.05, 4.69) is 6.07 Å². The lowest BCUT2D eigenvalue weighted by Gasteiger charge is -2.34. The highest BCUT2D eigenvalue weighted by atomic mass is 16.5. The number of hydrogen-bond acceptors (Lipinski definition) is 5. The van der Waals surface area contributed by atoms with Crippen molar-refractivity contribution in [2.24, 2.45) is 0 Å². The SMILES string of the molecule is COC(=O)C1COCCN1c1ccc2c(n1)CCC2. The smallest absolute Gasteiger partial charge is 0.330 e. The van der Waals surface area contributed by atoms with Crippen LogP contribution in [0, 0.1) is 0 Å². The van der Waals surface area contributed by atoms with E-state index in [4.69, 9.17) is 14.5 Å². The molecular weight excluding hydrogens is 244 g/mol. The molecule has 1 unspecified atom stereocenters. The van der Waals surface area contributed by atoms with Crippen LogP contribution in [0.2, 0.25) is 0 Å². The molecule has 0 spiro atoms. The van der Waals surface area contributed by atoms with E-state index in [-0.39, 0.29) is 12.0 Å². The van der Waals surface area contributed by atoms with Crippen LogP contribution in [0.5, 0.6) is 0 Å². The lowest BCUT2D eigenvalue weighted by atomic mass is 10.2. The van der Waals surface area contributed by atoms with Crippen molar-refractivity contribution in [2.45, 2.75) is 25.3 Å². The number of pyridine rings is 1. The van der Waals surface area contributed by atoms with Crippen LogP contribution in [-0.4, -0.2) is 43.9 Å². The van der Waals surface area contributed by atoms with Gasteiger partial charge in [0.15, 0.2) is 6.04 Å². The average Bonchev–Trinajstić information content (AvgIpc) is 2.93. The van der Waals surface area contributed by atoms with Gasteiger partial charge in [0.25, 0.3) is 0 Å². The number of carbonyl (C=O) groups excluding carboxylic acids is 1. The summed E-state index contributed by atoms with van der Waals surface area (Å²) in [6.07, 6.45) is 3.33. The molecule has 19 heavy (non-hydrogen) atoms. The number of methoxy groups -OCH3 is 1. The number of fused-ring (bicyclic) bond motifs is 1. The number of hydrogen-bond donors (Lipinski definition) is 0. The Morgan fingerprint density at radius 1 is 1.47 bits per heavy atom. The summed E-state index contributed by atoms with van der Waals surface area (Å²) >= 11 is 0. The molecule has 3 rings (SSSR count). The van der Waals surface area contributed by atoms with Gasteiger partial charge >= 0.3 is 5.97 Å². The Morgan fingerprint density at radius 3 is 3.21 bits per heavy atom. The maximum absolute atomic E-state index is 11.8. The fraction of sp³-hybridized carbons (Fsp3) is 0.571. The van der Waals surface area contributed by atoms with Crippen LogP contribution < -0.4 is 4.90 Å². The maximum atomic E-state index is 11.8.